The summed E-state index contributed by atoms with van der Waals surface area (Å²) in [4.78, 5) is 42.9. The Bertz CT molecular complexity index is 954. The summed E-state index contributed by atoms with van der Waals surface area (Å²) in [5, 5.41) is 0.534. The van der Waals surface area contributed by atoms with E-state index in [0.29, 0.717) is 10.7 Å². The van der Waals surface area contributed by atoms with Gasteiger partial charge < -0.3 is 4.90 Å². The highest BCUT2D eigenvalue weighted by Gasteiger charge is 2.47. The van der Waals surface area contributed by atoms with Gasteiger partial charge >= 0.3 is 0 Å². The third-order valence-electron chi connectivity index (χ3n) is 6.45. The lowest BCUT2D eigenvalue weighted by Crippen LogP contribution is -2.49. The van der Waals surface area contributed by atoms with E-state index in [2.05, 4.69) is 0 Å². The summed E-state index contributed by atoms with van der Waals surface area (Å²) in [6, 6.07) is 15.2. The molecule has 2 aromatic carbocycles. The van der Waals surface area contributed by atoms with Gasteiger partial charge in [-0.05, 0) is 49.6 Å². The Morgan fingerprint density at radius 2 is 1.65 bits per heavy atom. The molecule has 2 atom stereocenters. The first-order chi connectivity index (χ1) is 15.0. The summed E-state index contributed by atoms with van der Waals surface area (Å²) in [5.41, 5.74) is 1.44. The van der Waals surface area contributed by atoms with E-state index in [-0.39, 0.29) is 36.1 Å². The molecule has 2 fully saturated rings. The molecule has 2 aromatic rings. The van der Waals surface area contributed by atoms with E-state index in [4.69, 9.17) is 11.6 Å². The van der Waals surface area contributed by atoms with Crippen molar-refractivity contribution in [2.75, 3.05) is 4.90 Å². The van der Waals surface area contributed by atoms with Gasteiger partial charge in [0.25, 0.3) is 5.91 Å². The second-order valence-corrected chi connectivity index (χ2v) is 8.87. The van der Waals surface area contributed by atoms with Crippen LogP contribution in [0.15, 0.2) is 54.6 Å². The van der Waals surface area contributed by atoms with Crippen molar-refractivity contribution in [3.05, 3.63) is 65.2 Å². The van der Waals surface area contributed by atoms with Crippen molar-refractivity contribution >= 4 is 35.0 Å². The van der Waals surface area contributed by atoms with Crippen LogP contribution in [-0.2, 0) is 14.4 Å². The molecule has 1 heterocycles. The highest BCUT2D eigenvalue weighted by atomic mass is 35.5. The van der Waals surface area contributed by atoms with Crippen molar-refractivity contribution in [3.8, 4) is 0 Å². The number of anilines is 1. The number of carbonyl (C=O) groups is 3. The molecule has 0 N–H and O–H groups in total. The van der Waals surface area contributed by atoms with Gasteiger partial charge in [-0.1, -0.05) is 61.2 Å². The third kappa shape index (κ3) is 4.38. The van der Waals surface area contributed by atoms with Crippen LogP contribution in [0.4, 0.5) is 5.69 Å². The van der Waals surface area contributed by atoms with Crippen molar-refractivity contribution in [1.29, 1.82) is 0 Å². The lowest BCUT2D eigenvalue weighted by atomic mass is 9.87. The lowest BCUT2D eigenvalue weighted by Gasteiger charge is -2.37. The van der Waals surface area contributed by atoms with Gasteiger partial charge in [-0.2, -0.15) is 0 Å². The minimum atomic E-state index is -0.798. The van der Waals surface area contributed by atoms with Crippen LogP contribution >= 0.6 is 11.6 Å². The van der Waals surface area contributed by atoms with Crippen LogP contribution in [0, 0.1) is 5.92 Å². The number of halogens is 1. The maximum absolute atomic E-state index is 13.7. The molecule has 3 amide bonds. The van der Waals surface area contributed by atoms with Crippen LogP contribution < -0.4 is 4.90 Å². The van der Waals surface area contributed by atoms with Crippen molar-refractivity contribution in [2.24, 2.45) is 5.92 Å². The molecular formula is C25H27ClN2O3. The zero-order valence-electron chi connectivity index (χ0n) is 17.7. The molecule has 0 spiro atoms. The molecule has 6 heteroatoms. The van der Waals surface area contributed by atoms with Crippen LogP contribution in [-0.4, -0.2) is 28.7 Å². The van der Waals surface area contributed by atoms with Gasteiger partial charge in [-0.25, -0.2) is 4.90 Å². The highest BCUT2D eigenvalue weighted by molar-refractivity contribution is 6.30. The maximum atomic E-state index is 13.7. The van der Waals surface area contributed by atoms with Gasteiger partial charge in [-0.15, -0.1) is 0 Å². The van der Waals surface area contributed by atoms with Crippen molar-refractivity contribution < 1.29 is 14.4 Å². The minimum absolute atomic E-state index is 0.00288. The summed E-state index contributed by atoms with van der Waals surface area (Å²) in [7, 11) is 0. The molecule has 0 aromatic heterocycles. The van der Waals surface area contributed by atoms with Crippen molar-refractivity contribution in [2.45, 2.75) is 57.5 Å². The molecule has 1 saturated carbocycles. The molecule has 2 aliphatic rings. The normalized spacial score (nSPS) is 20.7. The number of rotatable bonds is 5. The Labute approximate surface area is 188 Å². The SMILES string of the molecule is CC(c1ccccc1)N(C(=O)C1CCCCC1)C1CC(=O)N(c2ccc(Cl)cc2)C1=O. The van der Waals surface area contributed by atoms with E-state index >= 15 is 0 Å². The molecule has 0 bridgehead atoms. The molecule has 4 rings (SSSR count). The predicted octanol–water partition coefficient (Wildman–Crippen LogP) is 5.14. The number of carbonyl (C=O) groups excluding carboxylic acids is 3. The summed E-state index contributed by atoms with van der Waals surface area (Å²) in [5.74, 6) is -0.745. The fourth-order valence-electron chi connectivity index (χ4n) is 4.76. The van der Waals surface area contributed by atoms with Gasteiger partial charge in [0.1, 0.15) is 6.04 Å². The largest absolute Gasteiger partial charge is 0.323 e. The molecule has 1 aliphatic heterocycles. The van der Waals surface area contributed by atoms with Crippen LogP contribution in [0.25, 0.3) is 0 Å². The molecule has 31 heavy (non-hydrogen) atoms. The number of hydrogen-bond acceptors (Lipinski definition) is 3. The average molecular weight is 439 g/mol. The summed E-state index contributed by atoms with van der Waals surface area (Å²) in [6.45, 7) is 1.94. The Morgan fingerprint density at radius 3 is 2.29 bits per heavy atom. The maximum Gasteiger partial charge on any atom is 0.257 e. The molecular weight excluding hydrogens is 412 g/mol. The second-order valence-electron chi connectivity index (χ2n) is 8.43. The Hall–Kier alpha value is -2.66. The summed E-state index contributed by atoms with van der Waals surface area (Å²) in [6.07, 6.45) is 4.87. The molecule has 2 unspecified atom stereocenters. The standard InChI is InChI=1S/C25H27ClN2O3/c1-17(18-8-4-2-5-9-18)27(24(30)19-10-6-3-7-11-19)22-16-23(29)28(25(22)31)21-14-12-20(26)13-15-21/h2,4-5,8-9,12-15,17,19,22H,3,6-7,10-11,16H2,1H3. The van der Waals surface area contributed by atoms with Crippen LogP contribution in [0.3, 0.4) is 0 Å². The van der Waals surface area contributed by atoms with Crippen LogP contribution in [0.5, 0.6) is 0 Å². The molecule has 5 nitrogen and oxygen atoms in total. The van der Waals surface area contributed by atoms with Crippen LogP contribution in [0.1, 0.15) is 57.1 Å². The molecule has 1 aliphatic carbocycles. The Balaban J connectivity index is 1.67. The van der Waals surface area contributed by atoms with E-state index in [9.17, 15) is 14.4 Å². The zero-order valence-corrected chi connectivity index (χ0v) is 18.4. The third-order valence-corrected chi connectivity index (χ3v) is 6.70. The smallest absolute Gasteiger partial charge is 0.257 e. The Morgan fingerprint density at radius 1 is 1.00 bits per heavy atom. The number of hydrogen-bond donors (Lipinski definition) is 0. The monoisotopic (exact) mass is 438 g/mol. The average Bonchev–Trinajstić information content (AvgIpc) is 3.09. The summed E-state index contributed by atoms with van der Waals surface area (Å²) >= 11 is 5.97. The lowest BCUT2D eigenvalue weighted by molar-refractivity contribution is -0.145. The molecule has 162 valence electrons. The molecule has 1 saturated heterocycles. The van der Waals surface area contributed by atoms with Gasteiger partial charge in [-0.3, -0.25) is 14.4 Å². The predicted molar refractivity (Wildman–Crippen MR) is 121 cm³/mol. The first-order valence-corrected chi connectivity index (χ1v) is 11.3. The number of imide groups is 1. The number of nitrogens with zero attached hydrogens (tertiary/aromatic N) is 2. The van der Waals surface area contributed by atoms with Gasteiger partial charge in [0.15, 0.2) is 0 Å². The fourth-order valence-corrected chi connectivity index (χ4v) is 4.89. The highest BCUT2D eigenvalue weighted by Crippen LogP contribution is 2.35. The van der Waals surface area contributed by atoms with Crippen LogP contribution in [0.2, 0.25) is 5.02 Å². The van der Waals surface area contributed by atoms with Gasteiger partial charge in [0.2, 0.25) is 11.8 Å². The minimum Gasteiger partial charge on any atom is -0.323 e. The first-order valence-electron chi connectivity index (χ1n) is 11.0. The number of amides is 3. The second kappa shape index (κ2) is 9.23. The first kappa shape index (κ1) is 21.6. The molecule has 0 radical (unpaired) electrons. The van der Waals surface area contributed by atoms with Gasteiger partial charge in [0, 0.05) is 10.9 Å². The van der Waals surface area contributed by atoms with E-state index in [0.717, 1.165) is 37.7 Å². The van der Waals surface area contributed by atoms with Gasteiger partial charge in [0.05, 0.1) is 18.2 Å². The van der Waals surface area contributed by atoms with E-state index < -0.39 is 6.04 Å². The quantitative estimate of drug-likeness (QED) is 0.607. The zero-order chi connectivity index (χ0) is 22.0. The topological polar surface area (TPSA) is 57.7 Å². The van der Waals surface area contributed by atoms with E-state index in [1.165, 1.54) is 4.90 Å². The Kier molecular flexibility index (Phi) is 6.42. The fraction of sp³-hybridized carbons (Fsp3) is 0.400. The van der Waals surface area contributed by atoms with E-state index in [1.54, 1.807) is 29.2 Å². The summed E-state index contributed by atoms with van der Waals surface area (Å²) < 4.78 is 0. The van der Waals surface area contributed by atoms with Crippen molar-refractivity contribution in [1.82, 2.24) is 4.90 Å². The van der Waals surface area contributed by atoms with E-state index in [1.807, 2.05) is 37.3 Å². The van der Waals surface area contributed by atoms with Crippen molar-refractivity contribution in [3.63, 3.8) is 0 Å². The number of benzene rings is 2.